The second-order valence-electron chi connectivity index (χ2n) is 7.96. The van der Waals surface area contributed by atoms with Gasteiger partial charge in [-0.25, -0.2) is 8.42 Å². The molecule has 2 aromatic heterocycles. The Morgan fingerprint density at radius 2 is 1.76 bits per heavy atom. The number of sulfonamides is 1. The van der Waals surface area contributed by atoms with Crippen LogP contribution in [0, 0.1) is 5.92 Å². The molecule has 1 aromatic carbocycles. The van der Waals surface area contributed by atoms with Crippen molar-refractivity contribution >= 4 is 26.8 Å². The van der Waals surface area contributed by atoms with Crippen LogP contribution in [0.4, 0.5) is 0 Å². The summed E-state index contributed by atoms with van der Waals surface area (Å²) < 4.78 is 28.3. The summed E-state index contributed by atoms with van der Waals surface area (Å²) in [6.45, 7) is 8.18. The monoisotopic (exact) mass is 413 g/mol. The summed E-state index contributed by atoms with van der Waals surface area (Å²) >= 11 is 0. The number of rotatable bonds is 7. The second-order valence-corrected chi connectivity index (χ2v) is 10.2. The van der Waals surface area contributed by atoms with Gasteiger partial charge < -0.3 is 4.57 Å². The highest BCUT2D eigenvalue weighted by molar-refractivity contribution is 7.90. The van der Waals surface area contributed by atoms with Crippen LogP contribution in [-0.2, 0) is 27.8 Å². The minimum atomic E-state index is -3.64. The summed E-state index contributed by atoms with van der Waals surface area (Å²) in [5.74, 6) is -0.0846. The van der Waals surface area contributed by atoms with Crippen LogP contribution in [-0.4, -0.2) is 29.1 Å². The van der Waals surface area contributed by atoms with E-state index in [2.05, 4.69) is 34.2 Å². The third-order valence-electron chi connectivity index (χ3n) is 4.77. The number of benzene rings is 1. The number of nitrogens with one attached hydrogen (secondary N) is 1. The molecule has 0 saturated heterocycles. The minimum Gasteiger partial charge on any atom is -0.347 e. The molecule has 0 unspecified atom stereocenters. The van der Waals surface area contributed by atoms with Gasteiger partial charge in [0.15, 0.2) is 0 Å². The molecule has 0 aliphatic heterocycles. The first-order valence-electron chi connectivity index (χ1n) is 9.74. The summed E-state index contributed by atoms with van der Waals surface area (Å²) in [7, 11) is -3.64. The first-order chi connectivity index (χ1) is 13.7. The first-order valence-corrected chi connectivity index (χ1v) is 11.3. The molecule has 3 rings (SSSR count). The van der Waals surface area contributed by atoms with Crippen LogP contribution in [0.3, 0.4) is 0 Å². The molecule has 0 radical (unpaired) electrons. The van der Waals surface area contributed by atoms with E-state index in [0.717, 1.165) is 34.1 Å². The fourth-order valence-corrected chi connectivity index (χ4v) is 3.89. The summed E-state index contributed by atoms with van der Waals surface area (Å²) in [4.78, 5) is 16.5. The van der Waals surface area contributed by atoms with Crippen molar-refractivity contribution in [2.45, 2.75) is 45.9 Å². The fourth-order valence-electron chi connectivity index (χ4n) is 3.26. The molecular weight excluding hydrogens is 386 g/mol. The molecular formula is C22H27N3O3S. The Kier molecular flexibility index (Phi) is 6.07. The number of hydrogen-bond donors (Lipinski definition) is 1. The lowest BCUT2D eigenvalue weighted by molar-refractivity contribution is -0.118. The largest absolute Gasteiger partial charge is 0.347 e. The van der Waals surface area contributed by atoms with E-state index < -0.39 is 21.2 Å². The number of hydrogen-bond acceptors (Lipinski definition) is 4. The number of carbonyl (C=O) groups excluding carboxylic acids is 1. The Morgan fingerprint density at radius 1 is 1.07 bits per heavy atom. The third-order valence-corrected chi connectivity index (χ3v) is 6.52. The molecule has 0 aliphatic carbocycles. The third kappa shape index (κ3) is 4.85. The van der Waals surface area contributed by atoms with Crippen molar-refractivity contribution in [1.82, 2.24) is 14.3 Å². The summed E-state index contributed by atoms with van der Waals surface area (Å²) in [5, 5.41) is 0.303. The number of fused-ring (bicyclic) bond motifs is 1. The SMILES string of the molecule is CC(C)Cn1cc(CC(=O)NS(=O)(=O)C(C)C)c2ccc(-c3ccncc3)cc21. The van der Waals surface area contributed by atoms with Gasteiger partial charge in [-0.1, -0.05) is 26.0 Å². The van der Waals surface area contributed by atoms with E-state index in [1.54, 1.807) is 26.2 Å². The molecule has 0 spiro atoms. The van der Waals surface area contributed by atoms with Gasteiger partial charge in [0.05, 0.1) is 11.7 Å². The first kappa shape index (κ1) is 21.0. The van der Waals surface area contributed by atoms with E-state index in [4.69, 9.17) is 0 Å². The van der Waals surface area contributed by atoms with E-state index >= 15 is 0 Å². The summed E-state index contributed by atoms with van der Waals surface area (Å²) in [5.41, 5.74) is 3.99. The van der Waals surface area contributed by atoms with Gasteiger partial charge in [-0.2, -0.15) is 0 Å². The number of amides is 1. The fraction of sp³-hybridized carbons (Fsp3) is 0.364. The van der Waals surface area contributed by atoms with Crippen molar-refractivity contribution in [2.24, 2.45) is 5.92 Å². The van der Waals surface area contributed by atoms with Gasteiger partial charge in [0, 0.05) is 36.0 Å². The number of carbonyl (C=O) groups is 1. The van der Waals surface area contributed by atoms with Crippen LogP contribution in [0.1, 0.15) is 33.3 Å². The lowest BCUT2D eigenvalue weighted by Gasteiger charge is -2.09. The standard InChI is InChI=1S/C22H27N3O3S/c1-15(2)13-25-14-19(12-22(26)24-29(27,28)16(3)4)20-6-5-18(11-21(20)25)17-7-9-23-10-8-17/h5-11,14-16H,12-13H2,1-4H3,(H,24,26). The average Bonchev–Trinajstić information content (AvgIpc) is 2.97. The minimum absolute atomic E-state index is 0.0160. The summed E-state index contributed by atoms with van der Waals surface area (Å²) in [6, 6.07) is 10.1. The molecule has 0 fully saturated rings. The van der Waals surface area contributed by atoms with Crippen molar-refractivity contribution < 1.29 is 13.2 Å². The molecule has 7 heteroatoms. The topological polar surface area (TPSA) is 81.1 Å². The number of nitrogens with zero attached hydrogens (tertiary/aromatic N) is 2. The quantitative estimate of drug-likeness (QED) is 0.639. The molecule has 1 N–H and O–H groups in total. The molecule has 29 heavy (non-hydrogen) atoms. The van der Waals surface area contributed by atoms with Crippen LogP contribution in [0.5, 0.6) is 0 Å². The van der Waals surface area contributed by atoms with Gasteiger partial charge in [0.25, 0.3) is 0 Å². The maximum atomic E-state index is 12.4. The van der Waals surface area contributed by atoms with Crippen LogP contribution in [0.25, 0.3) is 22.0 Å². The van der Waals surface area contributed by atoms with Crippen molar-refractivity contribution in [3.05, 3.63) is 54.5 Å². The molecule has 0 saturated carbocycles. The number of pyridine rings is 1. The zero-order chi connectivity index (χ0) is 21.2. The number of aromatic nitrogens is 2. The molecule has 0 aliphatic rings. The highest BCUT2D eigenvalue weighted by atomic mass is 32.2. The van der Waals surface area contributed by atoms with Crippen molar-refractivity contribution in [3.8, 4) is 11.1 Å². The van der Waals surface area contributed by atoms with Crippen molar-refractivity contribution in [1.29, 1.82) is 0 Å². The maximum Gasteiger partial charge on any atom is 0.237 e. The van der Waals surface area contributed by atoms with E-state index in [1.807, 2.05) is 30.5 Å². The Bertz CT molecular complexity index is 1120. The Balaban J connectivity index is 1.99. The van der Waals surface area contributed by atoms with Gasteiger partial charge >= 0.3 is 0 Å². The van der Waals surface area contributed by atoms with Gasteiger partial charge in [0.1, 0.15) is 0 Å². The zero-order valence-electron chi connectivity index (χ0n) is 17.2. The van der Waals surface area contributed by atoms with Gasteiger partial charge in [-0.3, -0.25) is 14.5 Å². The molecule has 6 nitrogen and oxygen atoms in total. The maximum absolute atomic E-state index is 12.4. The average molecular weight is 414 g/mol. The zero-order valence-corrected chi connectivity index (χ0v) is 18.0. The van der Waals surface area contributed by atoms with Crippen molar-refractivity contribution in [2.75, 3.05) is 0 Å². The van der Waals surface area contributed by atoms with Gasteiger partial charge in [-0.15, -0.1) is 0 Å². The second kappa shape index (κ2) is 8.37. The molecule has 0 atom stereocenters. The molecule has 154 valence electrons. The molecule has 2 heterocycles. The normalized spacial score (nSPS) is 12.1. The predicted molar refractivity (Wildman–Crippen MR) is 116 cm³/mol. The van der Waals surface area contributed by atoms with Crippen LogP contribution in [0.15, 0.2) is 48.9 Å². The predicted octanol–water partition coefficient (Wildman–Crippen LogP) is 3.76. The Labute approximate surface area is 172 Å². The highest BCUT2D eigenvalue weighted by Crippen LogP contribution is 2.28. The summed E-state index contributed by atoms with van der Waals surface area (Å²) in [6.07, 6.45) is 5.50. The lowest BCUT2D eigenvalue weighted by atomic mass is 10.0. The van der Waals surface area contributed by atoms with E-state index in [0.29, 0.717) is 5.92 Å². The Morgan fingerprint density at radius 3 is 2.38 bits per heavy atom. The smallest absolute Gasteiger partial charge is 0.237 e. The molecule has 0 bridgehead atoms. The lowest BCUT2D eigenvalue weighted by Crippen LogP contribution is -2.36. The molecule has 1 amide bonds. The van der Waals surface area contributed by atoms with Crippen molar-refractivity contribution in [3.63, 3.8) is 0 Å². The Hall–Kier alpha value is -2.67. The molecule has 3 aromatic rings. The van der Waals surface area contributed by atoms with Gasteiger partial charge in [-0.05, 0) is 54.7 Å². The highest BCUT2D eigenvalue weighted by Gasteiger charge is 2.20. The van der Waals surface area contributed by atoms with E-state index in [1.165, 1.54) is 0 Å². The van der Waals surface area contributed by atoms with Gasteiger partial charge in [0.2, 0.25) is 15.9 Å². The van der Waals surface area contributed by atoms with E-state index in [9.17, 15) is 13.2 Å². The van der Waals surface area contributed by atoms with E-state index in [-0.39, 0.29) is 6.42 Å². The van der Waals surface area contributed by atoms with Crippen LogP contribution in [0.2, 0.25) is 0 Å². The van der Waals surface area contributed by atoms with Crippen LogP contribution < -0.4 is 4.72 Å². The van der Waals surface area contributed by atoms with Crippen LogP contribution >= 0.6 is 0 Å².